The Balaban J connectivity index is 1.82. The van der Waals surface area contributed by atoms with Crippen LogP contribution in [0.4, 0.5) is 13.2 Å². The van der Waals surface area contributed by atoms with Crippen LogP contribution in [0.5, 0.6) is 0 Å². The van der Waals surface area contributed by atoms with E-state index < -0.39 is 12.7 Å². The fraction of sp³-hybridized carbons (Fsp3) is 0.438. The number of carbonyl (C=O) groups excluding carboxylic acids is 1. The van der Waals surface area contributed by atoms with E-state index in [2.05, 4.69) is 4.90 Å². The van der Waals surface area contributed by atoms with Gasteiger partial charge in [0.25, 0.3) is 5.91 Å². The van der Waals surface area contributed by atoms with E-state index >= 15 is 0 Å². The highest BCUT2D eigenvalue weighted by Crippen LogP contribution is 2.24. The number of amides is 1. The molecule has 1 aliphatic heterocycles. The molecule has 7 heteroatoms. The van der Waals surface area contributed by atoms with E-state index in [0.29, 0.717) is 29.6 Å². The van der Waals surface area contributed by atoms with Crippen molar-refractivity contribution in [2.24, 2.45) is 0 Å². The first kappa shape index (κ1) is 15.9. The maximum Gasteiger partial charge on any atom is 0.406 e. The van der Waals surface area contributed by atoms with Crippen molar-refractivity contribution in [2.45, 2.75) is 12.7 Å². The van der Waals surface area contributed by atoms with Crippen molar-refractivity contribution in [3.63, 3.8) is 0 Å². The highest BCUT2D eigenvalue weighted by atomic mass is 19.4. The molecule has 23 heavy (non-hydrogen) atoms. The Bertz CT molecular complexity index is 715. The third kappa shape index (κ3) is 3.50. The summed E-state index contributed by atoms with van der Waals surface area (Å²) in [5, 5.41) is 0.647. The van der Waals surface area contributed by atoms with Gasteiger partial charge in [-0.15, -0.1) is 0 Å². The van der Waals surface area contributed by atoms with Crippen LogP contribution in [0, 0.1) is 0 Å². The Hall–Kier alpha value is -2.02. The standard InChI is InChI=1S/C16H18F3N3O/c1-20-6-8-21(9-7-20)15(23)13-2-3-14-12(10-13)4-5-22(14)11-16(17,18)19/h2-5,10H,6-9,11H2,1H3. The van der Waals surface area contributed by atoms with Crippen LogP contribution in [-0.4, -0.2) is 59.7 Å². The molecule has 0 saturated carbocycles. The summed E-state index contributed by atoms with van der Waals surface area (Å²) in [6.45, 7) is 1.97. The molecular formula is C16H18F3N3O. The lowest BCUT2D eigenvalue weighted by Gasteiger charge is -2.32. The van der Waals surface area contributed by atoms with Gasteiger partial charge in [-0.1, -0.05) is 0 Å². The third-order valence-corrected chi connectivity index (χ3v) is 4.16. The van der Waals surface area contributed by atoms with Crippen molar-refractivity contribution in [1.29, 1.82) is 0 Å². The molecule has 0 aliphatic carbocycles. The molecular weight excluding hydrogens is 307 g/mol. The van der Waals surface area contributed by atoms with E-state index in [4.69, 9.17) is 0 Å². The van der Waals surface area contributed by atoms with E-state index in [9.17, 15) is 18.0 Å². The number of halogens is 3. The van der Waals surface area contributed by atoms with Gasteiger partial charge in [-0.3, -0.25) is 4.79 Å². The molecule has 0 unspecified atom stereocenters. The number of piperazine rings is 1. The molecule has 4 nitrogen and oxygen atoms in total. The number of nitrogens with zero attached hydrogens (tertiary/aromatic N) is 3. The fourth-order valence-electron chi connectivity index (χ4n) is 2.86. The summed E-state index contributed by atoms with van der Waals surface area (Å²) in [4.78, 5) is 16.4. The van der Waals surface area contributed by atoms with E-state index in [1.165, 1.54) is 6.20 Å². The number of hydrogen-bond donors (Lipinski definition) is 0. The Morgan fingerprint density at radius 3 is 2.48 bits per heavy atom. The smallest absolute Gasteiger partial charge is 0.338 e. The van der Waals surface area contributed by atoms with Crippen molar-refractivity contribution < 1.29 is 18.0 Å². The molecule has 1 aromatic heterocycles. The van der Waals surface area contributed by atoms with Gasteiger partial charge in [-0.05, 0) is 31.3 Å². The van der Waals surface area contributed by atoms with Crippen molar-refractivity contribution in [3.8, 4) is 0 Å². The first-order chi connectivity index (χ1) is 10.8. The molecule has 2 heterocycles. The maximum absolute atomic E-state index is 12.5. The summed E-state index contributed by atoms with van der Waals surface area (Å²) >= 11 is 0. The van der Waals surface area contributed by atoms with Crippen LogP contribution >= 0.6 is 0 Å². The zero-order valence-corrected chi connectivity index (χ0v) is 12.8. The molecule has 0 atom stereocenters. The topological polar surface area (TPSA) is 28.5 Å². The summed E-state index contributed by atoms with van der Waals surface area (Å²) < 4.78 is 38.8. The van der Waals surface area contributed by atoms with Gasteiger partial charge in [-0.2, -0.15) is 13.2 Å². The number of hydrogen-bond acceptors (Lipinski definition) is 2. The molecule has 1 saturated heterocycles. The second-order valence-electron chi connectivity index (χ2n) is 5.93. The minimum atomic E-state index is -4.26. The van der Waals surface area contributed by atoms with E-state index in [0.717, 1.165) is 17.7 Å². The number of likely N-dealkylation sites (N-methyl/N-ethyl adjacent to an activating group) is 1. The van der Waals surface area contributed by atoms with Gasteiger partial charge in [0, 0.05) is 48.8 Å². The number of benzene rings is 1. The second kappa shape index (κ2) is 5.88. The first-order valence-electron chi connectivity index (χ1n) is 7.47. The molecule has 2 aromatic rings. The average molecular weight is 325 g/mol. The average Bonchev–Trinajstić information content (AvgIpc) is 2.88. The lowest BCUT2D eigenvalue weighted by Crippen LogP contribution is -2.47. The molecule has 0 N–H and O–H groups in total. The van der Waals surface area contributed by atoms with Crippen LogP contribution in [0.2, 0.25) is 0 Å². The monoisotopic (exact) mass is 325 g/mol. The maximum atomic E-state index is 12.5. The van der Waals surface area contributed by atoms with Crippen LogP contribution in [0.3, 0.4) is 0 Å². The number of alkyl halides is 3. The first-order valence-corrected chi connectivity index (χ1v) is 7.47. The van der Waals surface area contributed by atoms with Crippen LogP contribution in [-0.2, 0) is 6.54 Å². The molecule has 1 aromatic carbocycles. The van der Waals surface area contributed by atoms with Gasteiger partial charge in [0.1, 0.15) is 6.54 Å². The number of rotatable bonds is 2. The summed E-state index contributed by atoms with van der Waals surface area (Å²) in [5.41, 5.74) is 1.00. The molecule has 1 fully saturated rings. The summed E-state index contributed by atoms with van der Waals surface area (Å²) in [6, 6.07) is 6.48. The molecule has 0 spiro atoms. The van der Waals surface area contributed by atoms with Crippen LogP contribution < -0.4 is 0 Å². The second-order valence-corrected chi connectivity index (χ2v) is 5.93. The summed E-state index contributed by atoms with van der Waals surface area (Å²) in [5.74, 6) is -0.0661. The Morgan fingerprint density at radius 2 is 1.83 bits per heavy atom. The van der Waals surface area contributed by atoms with Crippen LogP contribution in [0.15, 0.2) is 30.5 Å². The number of carbonyl (C=O) groups is 1. The zero-order valence-electron chi connectivity index (χ0n) is 12.8. The molecule has 0 bridgehead atoms. The largest absolute Gasteiger partial charge is 0.406 e. The summed E-state index contributed by atoms with van der Waals surface area (Å²) in [7, 11) is 2.01. The van der Waals surface area contributed by atoms with Gasteiger partial charge in [-0.25, -0.2) is 0 Å². The van der Waals surface area contributed by atoms with Gasteiger partial charge >= 0.3 is 6.18 Å². The Kier molecular flexibility index (Phi) is 4.06. The normalized spacial score (nSPS) is 17.0. The fourth-order valence-corrected chi connectivity index (χ4v) is 2.86. The van der Waals surface area contributed by atoms with Crippen LogP contribution in [0.1, 0.15) is 10.4 Å². The minimum absolute atomic E-state index is 0.0661. The molecule has 1 amide bonds. The van der Waals surface area contributed by atoms with Gasteiger partial charge < -0.3 is 14.4 Å². The van der Waals surface area contributed by atoms with Crippen molar-refractivity contribution in [3.05, 3.63) is 36.0 Å². The number of fused-ring (bicyclic) bond motifs is 1. The molecule has 0 radical (unpaired) electrons. The van der Waals surface area contributed by atoms with Crippen molar-refractivity contribution >= 4 is 16.8 Å². The highest BCUT2D eigenvalue weighted by molar-refractivity contribution is 5.98. The lowest BCUT2D eigenvalue weighted by molar-refractivity contribution is -0.139. The van der Waals surface area contributed by atoms with E-state index in [1.54, 1.807) is 29.2 Å². The molecule has 3 rings (SSSR count). The van der Waals surface area contributed by atoms with Gasteiger partial charge in [0.05, 0.1) is 0 Å². The Morgan fingerprint density at radius 1 is 1.13 bits per heavy atom. The minimum Gasteiger partial charge on any atom is -0.338 e. The van der Waals surface area contributed by atoms with E-state index in [-0.39, 0.29) is 5.91 Å². The van der Waals surface area contributed by atoms with Crippen LogP contribution in [0.25, 0.3) is 10.9 Å². The van der Waals surface area contributed by atoms with Crippen molar-refractivity contribution in [1.82, 2.24) is 14.4 Å². The SMILES string of the molecule is CN1CCN(C(=O)c2ccc3c(ccn3CC(F)(F)F)c2)CC1. The third-order valence-electron chi connectivity index (χ3n) is 4.16. The highest BCUT2D eigenvalue weighted by Gasteiger charge is 2.28. The van der Waals surface area contributed by atoms with Gasteiger partial charge in [0.15, 0.2) is 0 Å². The van der Waals surface area contributed by atoms with E-state index in [1.807, 2.05) is 7.05 Å². The zero-order chi connectivity index (χ0) is 16.6. The predicted molar refractivity (Wildman–Crippen MR) is 81.4 cm³/mol. The van der Waals surface area contributed by atoms with Crippen molar-refractivity contribution in [2.75, 3.05) is 33.2 Å². The Labute approximate surface area is 132 Å². The molecule has 1 aliphatic rings. The lowest BCUT2D eigenvalue weighted by atomic mass is 10.1. The number of aromatic nitrogens is 1. The predicted octanol–water partition coefficient (Wildman–Crippen LogP) is 2.59. The quantitative estimate of drug-likeness (QED) is 0.849. The molecule has 124 valence electrons. The summed E-state index contributed by atoms with van der Waals surface area (Å²) in [6.07, 6.45) is -2.86. The van der Waals surface area contributed by atoms with Gasteiger partial charge in [0.2, 0.25) is 0 Å².